The summed E-state index contributed by atoms with van der Waals surface area (Å²) in [6.07, 6.45) is 1.82. The van der Waals surface area contributed by atoms with Crippen LogP contribution in [0.5, 0.6) is 0 Å². The molecule has 0 bridgehead atoms. The first-order valence-electron chi connectivity index (χ1n) is 1.86. The van der Waals surface area contributed by atoms with Gasteiger partial charge in [0.15, 0.2) is 0 Å². The molecule has 1 saturated heterocycles. The highest BCUT2D eigenvalue weighted by Gasteiger charge is 2.27. The summed E-state index contributed by atoms with van der Waals surface area (Å²) >= 11 is 0. The summed E-state index contributed by atoms with van der Waals surface area (Å²) in [4.78, 5) is 0. The Morgan fingerprint density at radius 3 is 2.50 bits per heavy atom. The first kappa shape index (κ1) is 4.05. The molecule has 0 N–H and O–H groups in total. The van der Waals surface area contributed by atoms with E-state index in [1.165, 1.54) is 0 Å². The summed E-state index contributed by atoms with van der Waals surface area (Å²) in [5.41, 5.74) is 0. The van der Waals surface area contributed by atoms with Crippen LogP contribution in [0, 0.1) is 0 Å². The van der Waals surface area contributed by atoms with Gasteiger partial charge in [-0.05, 0) is 0 Å². The number of allylic oxidation sites excluding steroid dienone is 1. The molecular weight excluding hydrogens is 96.1 g/mol. The average Bonchev–Trinajstić information content (AvgIpc) is 2.21. The van der Waals surface area contributed by atoms with E-state index in [1.54, 1.807) is 0 Å². The van der Waals surface area contributed by atoms with E-state index in [0.29, 0.717) is 0 Å². The van der Waals surface area contributed by atoms with Gasteiger partial charge in [0, 0.05) is 6.04 Å². The summed E-state index contributed by atoms with van der Waals surface area (Å²) in [5.74, 6) is 0. The topological polar surface area (TPSA) is 25.1 Å². The van der Waals surface area contributed by atoms with Gasteiger partial charge in [-0.3, -0.25) is 9.15 Å². The van der Waals surface area contributed by atoms with Crippen LogP contribution in [-0.2, 0) is 9.15 Å². The van der Waals surface area contributed by atoms with Crippen molar-refractivity contribution in [1.29, 1.82) is 0 Å². The molecule has 0 saturated carbocycles. The zero-order valence-electron chi connectivity index (χ0n) is 3.39. The monoisotopic (exact) mass is 102 g/mol. The minimum absolute atomic E-state index is 0.944. The average molecular weight is 102 g/mol. The molecule has 0 aliphatic carbocycles. The molecule has 0 radical (unpaired) electrons. The van der Waals surface area contributed by atoms with Gasteiger partial charge in [0.2, 0.25) is 0 Å². The summed E-state index contributed by atoms with van der Waals surface area (Å²) in [6, 6.07) is 0.944. The lowest BCUT2D eigenvalue weighted by Gasteiger charge is -1.64. The largest absolute Gasteiger partial charge is 0.396 e. The van der Waals surface area contributed by atoms with Gasteiger partial charge in [0.25, 0.3) is 0 Å². The molecule has 1 aliphatic rings. The van der Waals surface area contributed by atoms with Crippen LogP contribution in [0.3, 0.4) is 0 Å². The Labute approximate surface area is 38.2 Å². The van der Waals surface area contributed by atoms with Gasteiger partial charge in [-0.1, -0.05) is 6.08 Å². The van der Waals surface area contributed by atoms with Crippen molar-refractivity contribution in [2.24, 2.45) is 0 Å². The third-order valence-corrected chi connectivity index (χ3v) is 1.77. The molecule has 2 nitrogen and oxygen atoms in total. The van der Waals surface area contributed by atoms with Gasteiger partial charge in [0.05, 0.1) is 0 Å². The third-order valence-electron chi connectivity index (χ3n) is 0.591. The van der Waals surface area contributed by atoms with E-state index in [2.05, 4.69) is 15.7 Å². The minimum atomic E-state index is -1.04. The molecule has 0 spiro atoms. The highest BCUT2D eigenvalue weighted by Crippen LogP contribution is 2.10. The fraction of sp³-hybridized carbons (Fsp3) is 0.333. The maximum atomic E-state index is 4.52. The lowest BCUT2D eigenvalue weighted by Crippen LogP contribution is -1.81. The van der Waals surface area contributed by atoms with Crippen molar-refractivity contribution in [3.63, 3.8) is 0 Å². The van der Waals surface area contributed by atoms with E-state index in [-0.39, 0.29) is 0 Å². The van der Waals surface area contributed by atoms with Gasteiger partial charge < -0.3 is 0 Å². The predicted molar refractivity (Wildman–Crippen MR) is 24.3 cm³/mol. The summed E-state index contributed by atoms with van der Waals surface area (Å²) in [7, 11) is -1.04. The van der Waals surface area contributed by atoms with Crippen molar-refractivity contribution in [2.45, 2.75) is 6.04 Å². The SMILES string of the molecule is C=CC[SiH]1OO1. The van der Waals surface area contributed by atoms with Crippen LogP contribution in [0.15, 0.2) is 12.7 Å². The van der Waals surface area contributed by atoms with Crippen LogP contribution in [0.4, 0.5) is 0 Å². The fourth-order valence-corrected chi connectivity index (χ4v) is 0.998. The van der Waals surface area contributed by atoms with Gasteiger partial charge >= 0.3 is 9.28 Å². The summed E-state index contributed by atoms with van der Waals surface area (Å²) in [6.45, 7) is 3.52. The Bertz CT molecular complexity index is 59.8. The molecule has 1 aliphatic heterocycles. The molecule has 0 unspecified atom stereocenters. The number of rotatable bonds is 2. The molecule has 1 heterocycles. The van der Waals surface area contributed by atoms with Gasteiger partial charge in [0.1, 0.15) is 0 Å². The molecular formula is C3H6O2Si. The van der Waals surface area contributed by atoms with E-state index in [1.807, 2.05) is 6.08 Å². The first-order chi connectivity index (χ1) is 2.93. The van der Waals surface area contributed by atoms with Gasteiger partial charge in [-0.15, -0.1) is 6.58 Å². The van der Waals surface area contributed by atoms with Gasteiger partial charge in [-0.2, -0.15) is 0 Å². The highest BCUT2D eigenvalue weighted by atomic mass is 28.3. The quantitative estimate of drug-likeness (QED) is 0.217. The molecule has 1 fully saturated rings. The molecule has 6 heavy (non-hydrogen) atoms. The maximum absolute atomic E-state index is 4.52. The Morgan fingerprint density at radius 2 is 2.33 bits per heavy atom. The van der Waals surface area contributed by atoms with Crippen LogP contribution in [0.25, 0.3) is 0 Å². The van der Waals surface area contributed by atoms with Crippen molar-refractivity contribution < 1.29 is 9.15 Å². The van der Waals surface area contributed by atoms with Crippen molar-refractivity contribution in [1.82, 2.24) is 0 Å². The molecule has 0 aromatic rings. The van der Waals surface area contributed by atoms with E-state index in [9.17, 15) is 0 Å². The van der Waals surface area contributed by atoms with Crippen molar-refractivity contribution in [3.05, 3.63) is 12.7 Å². The first-order valence-corrected chi connectivity index (χ1v) is 3.62. The minimum Gasteiger partial charge on any atom is -0.261 e. The fourth-order valence-electron chi connectivity index (χ4n) is 0.254. The number of hydrogen-bond acceptors (Lipinski definition) is 2. The second-order valence-corrected chi connectivity index (χ2v) is 2.86. The molecule has 0 amide bonds. The molecule has 1 rings (SSSR count). The molecule has 0 atom stereocenters. The van der Waals surface area contributed by atoms with Crippen molar-refractivity contribution >= 4 is 9.28 Å². The zero-order valence-corrected chi connectivity index (χ0v) is 4.54. The predicted octanol–water partition coefficient (Wildman–Crippen LogP) is 0.355. The highest BCUT2D eigenvalue weighted by molar-refractivity contribution is 6.50. The van der Waals surface area contributed by atoms with Crippen LogP contribution in [0.1, 0.15) is 0 Å². The van der Waals surface area contributed by atoms with Gasteiger partial charge in [-0.25, -0.2) is 0 Å². The lowest BCUT2D eigenvalue weighted by molar-refractivity contribution is 0.0850. The van der Waals surface area contributed by atoms with Crippen LogP contribution < -0.4 is 0 Å². The van der Waals surface area contributed by atoms with Crippen LogP contribution >= 0.6 is 0 Å². The standard InChI is InChI=1S/C3H6O2Si/c1-2-3-6-4-5-6/h2,6H,1,3H2. The Kier molecular flexibility index (Phi) is 1.05. The molecule has 0 aromatic carbocycles. The molecule has 34 valence electrons. The lowest BCUT2D eigenvalue weighted by atomic mass is 10.8. The van der Waals surface area contributed by atoms with Crippen LogP contribution in [-0.4, -0.2) is 9.28 Å². The second-order valence-electron chi connectivity index (χ2n) is 1.15. The van der Waals surface area contributed by atoms with E-state index in [0.717, 1.165) is 6.04 Å². The maximum Gasteiger partial charge on any atom is 0.396 e. The summed E-state index contributed by atoms with van der Waals surface area (Å²) in [5, 5.41) is 0. The van der Waals surface area contributed by atoms with Crippen molar-refractivity contribution in [3.8, 4) is 0 Å². The Hall–Kier alpha value is -0.123. The summed E-state index contributed by atoms with van der Waals surface area (Å²) < 4.78 is 9.03. The zero-order chi connectivity index (χ0) is 4.41. The van der Waals surface area contributed by atoms with E-state index < -0.39 is 9.28 Å². The normalized spacial score (nSPS) is 20.7. The Morgan fingerprint density at radius 1 is 1.67 bits per heavy atom. The van der Waals surface area contributed by atoms with E-state index in [4.69, 9.17) is 0 Å². The van der Waals surface area contributed by atoms with E-state index >= 15 is 0 Å². The van der Waals surface area contributed by atoms with Crippen molar-refractivity contribution in [2.75, 3.05) is 0 Å². The molecule has 0 aromatic heterocycles. The van der Waals surface area contributed by atoms with Crippen LogP contribution in [0.2, 0.25) is 6.04 Å². The number of hydrogen-bond donors (Lipinski definition) is 0. The third kappa shape index (κ3) is 0.929. The molecule has 3 heteroatoms. The smallest absolute Gasteiger partial charge is 0.261 e. The second kappa shape index (κ2) is 1.55. The Balaban J connectivity index is 2.00.